The molecular weight excluding hydrogens is 156 g/mol. The Kier molecular flexibility index (Phi) is 1.37. The third-order valence-corrected chi connectivity index (χ3v) is 6.13. The summed E-state index contributed by atoms with van der Waals surface area (Å²) < 4.78 is 0. The summed E-state index contributed by atoms with van der Waals surface area (Å²) in [5.41, 5.74) is 1.63. The van der Waals surface area contributed by atoms with E-state index in [1.54, 1.807) is 19.3 Å². The normalized spacial score (nSPS) is 55.2. The van der Waals surface area contributed by atoms with Crippen LogP contribution >= 0.6 is 0 Å². The first-order valence-corrected chi connectivity index (χ1v) is 6.18. The van der Waals surface area contributed by atoms with Crippen LogP contribution in [0, 0.1) is 28.6 Å². The lowest BCUT2D eigenvalue weighted by Gasteiger charge is -2.46. The molecule has 3 aliphatic rings. The predicted molar refractivity (Wildman–Crippen MR) is 55.4 cm³/mol. The Morgan fingerprint density at radius 1 is 1.15 bits per heavy atom. The molecule has 0 heterocycles. The molecule has 0 aliphatic heterocycles. The van der Waals surface area contributed by atoms with Crippen molar-refractivity contribution in [2.45, 2.75) is 52.9 Å². The Morgan fingerprint density at radius 2 is 1.85 bits per heavy atom. The fourth-order valence-corrected chi connectivity index (χ4v) is 5.00. The summed E-state index contributed by atoms with van der Waals surface area (Å²) in [4.78, 5) is 0. The second kappa shape index (κ2) is 2.15. The average molecular weight is 178 g/mol. The average Bonchev–Trinajstić information content (AvgIpc) is 2.63. The van der Waals surface area contributed by atoms with Gasteiger partial charge in [-0.05, 0) is 47.8 Å². The molecule has 0 saturated heterocycles. The van der Waals surface area contributed by atoms with Gasteiger partial charge < -0.3 is 0 Å². The zero-order valence-corrected chi connectivity index (χ0v) is 9.27. The van der Waals surface area contributed by atoms with Crippen LogP contribution in [-0.2, 0) is 0 Å². The van der Waals surface area contributed by atoms with E-state index in [4.69, 9.17) is 0 Å². The molecule has 4 atom stereocenters. The minimum atomic E-state index is 0.783. The molecule has 0 spiro atoms. The number of hydrogen-bond donors (Lipinski definition) is 0. The first kappa shape index (κ1) is 8.32. The molecule has 0 bridgehead atoms. The van der Waals surface area contributed by atoms with Gasteiger partial charge in [0.15, 0.2) is 0 Å². The minimum absolute atomic E-state index is 0.783. The summed E-state index contributed by atoms with van der Waals surface area (Å²) >= 11 is 0. The highest BCUT2D eigenvalue weighted by Gasteiger charge is 2.75. The van der Waals surface area contributed by atoms with Gasteiger partial charge in [0.05, 0.1) is 0 Å². The summed E-state index contributed by atoms with van der Waals surface area (Å²) in [7, 11) is 0. The Labute approximate surface area is 82.1 Å². The zero-order valence-electron chi connectivity index (χ0n) is 9.27. The van der Waals surface area contributed by atoms with E-state index in [9.17, 15) is 0 Å². The van der Waals surface area contributed by atoms with Gasteiger partial charge >= 0.3 is 0 Å². The highest BCUT2D eigenvalue weighted by Crippen LogP contribution is 2.82. The van der Waals surface area contributed by atoms with Gasteiger partial charge in [0.1, 0.15) is 0 Å². The van der Waals surface area contributed by atoms with E-state index < -0.39 is 0 Å². The molecule has 3 saturated carbocycles. The third kappa shape index (κ3) is 0.714. The molecule has 0 aromatic heterocycles. The fraction of sp³-hybridized carbons (Fsp3) is 1.00. The van der Waals surface area contributed by atoms with Crippen LogP contribution in [0.1, 0.15) is 52.9 Å². The molecule has 3 aliphatic carbocycles. The number of fused-ring (bicyclic) bond motifs is 4. The Morgan fingerprint density at radius 3 is 2.46 bits per heavy atom. The van der Waals surface area contributed by atoms with E-state index in [1.165, 1.54) is 12.8 Å². The van der Waals surface area contributed by atoms with E-state index in [0.29, 0.717) is 0 Å². The van der Waals surface area contributed by atoms with E-state index >= 15 is 0 Å². The highest BCUT2D eigenvalue weighted by molar-refractivity contribution is 5.24. The molecule has 3 fully saturated rings. The molecular formula is C13H22. The first-order valence-electron chi connectivity index (χ1n) is 6.18. The summed E-state index contributed by atoms with van der Waals surface area (Å²) in [6.07, 6.45) is 7.55. The van der Waals surface area contributed by atoms with Gasteiger partial charge in [-0.25, -0.2) is 0 Å². The minimum Gasteiger partial charge on any atom is -0.0648 e. The van der Waals surface area contributed by atoms with Gasteiger partial charge in [-0.2, -0.15) is 0 Å². The third-order valence-electron chi connectivity index (χ3n) is 6.13. The SMILES string of the molecule is CCC1(CC)CCC2C1C1CC21C. The molecule has 0 aromatic rings. The van der Waals surface area contributed by atoms with Crippen molar-refractivity contribution in [3.8, 4) is 0 Å². The Bertz CT molecular complexity index is 238. The van der Waals surface area contributed by atoms with Gasteiger partial charge in [0.25, 0.3) is 0 Å². The van der Waals surface area contributed by atoms with Crippen LogP contribution in [0.2, 0.25) is 0 Å². The standard InChI is InChI=1S/C13H22/c1-4-13(5-2)7-6-9-11(13)10-8-12(9,10)3/h9-11H,4-8H2,1-3H3. The molecule has 0 heteroatoms. The lowest BCUT2D eigenvalue weighted by Crippen LogP contribution is -2.41. The van der Waals surface area contributed by atoms with Crippen molar-refractivity contribution in [1.29, 1.82) is 0 Å². The van der Waals surface area contributed by atoms with Gasteiger partial charge in [-0.3, -0.25) is 0 Å². The van der Waals surface area contributed by atoms with Gasteiger partial charge in [-0.15, -0.1) is 0 Å². The maximum atomic E-state index is 2.54. The van der Waals surface area contributed by atoms with Gasteiger partial charge in [-0.1, -0.05) is 33.6 Å². The van der Waals surface area contributed by atoms with Gasteiger partial charge in [0.2, 0.25) is 0 Å². The largest absolute Gasteiger partial charge is 0.0648 e. The topological polar surface area (TPSA) is 0 Å². The molecule has 0 aromatic carbocycles. The maximum Gasteiger partial charge on any atom is -0.0260 e. The van der Waals surface area contributed by atoms with E-state index in [2.05, 4.69) is 20.8 Å². The number of hydrogen-bond acceptors (Lipinski definition) is 0. The smallest absolute Gasteiger partial charge is 0.0260 e. The van der Waals surface area contributed by atoms with Crippen molar-refractivity contribution in [3.63, 3.8) is 0 Å². The summed E-state index contributed by atoms with van der Waals surface area (Å²) in [6.45, 7) is 7.38. The second-order valence-corrected chi connectivity index (χ2v) is 6.06. The van der Waals surface area contributed by atoms with Crippen LogP contribution in [0.25, 0.3) is 0 Å². The van der Waals surface area contributed by atoms with Crippen LogP contribution in [0.5, 0.6) is 0 Å². The molecule has 74 valence electrons. The van der Waals surface area contributed by atoms with Crippen LogP contribution in [0.4, 0.5) is 0 Å². The Balaban J connectivity index is 1.88. The molecule has 0 radical (unpaired) electrons. The van der Waals surface area contributed by atoms with Crippen molar-refractivity contribution >= 4 is 0 Å². The quantitative estimate of drug-likeness (QED) is 0.602. The van der Waals surface area contributed by atoms with Crippen molar-refractivity contribution in [2.75, 3.05) is 0 Å². The molecule has 13 heavy (non-hydrogen) atoms. The number of rotatable bonds is 2. The van der Waals surface area contributed by atoms with Crippen molar-refractivity contribution in [2.24, 2.45) is 28.6 Å². The van der Waals surface area contributed by atoms with Crippen molar-refractivity contribution in [1.82, 2.24) is 0 Å². The summed E-state index contributed by atoms with van der Waals surface area (Å²) in [5, 5.41) is 0. The monoisotopic (exact) mass is 178 g/mol. The summed E-state index contributed by atoms with van der Waals surface area (Å²) in [5.74, 6) is 3.43. The predicted octanol–water partition coefficient (Wildman–Crippen LogP) is 3.86. The van der Waals surface area contributed by atoms with Crippen LogP contribution in [0.15, 0.2) is 0 Å². The first-order chi connectivity index (χ1) is 6.18. The van der Waals surface area contributed by atoms with E-state index in [-0.39, 0.29) is 0 Å². The molecule has 0 N–H and O–H groups in total. The van der Waals surface area contributed by atoms with Gasteiger partial charge in [0, 0.05) is 0 Å². The zero-order chi connectivity index (χ0) is 9.27. The lowest BCUT2D eigenvalue weighted by molar-refractivity contribution is 0.0149. The molecule has 0 amide bonds. The van der Waals surface area contributed by atoms with Crippen LogP contribution < -0.4 is 0 Å². The van der Waals surface area contributed by atoms with Crippen molar-refractivity contribution in [3.05, 3.63) is 0 Å². The lowest BCUT2D eigenvalue weighted by atomic mass is 9.58. The van der Waals surface area contributed by atoms with E-state index in [0.717, 1.165) is 28.6 Å². The molecule has 4 unspecified atom stereocenters. The summed E-state index contributed by atoms with van der Waals surface area (Å²) in [6, 6.07) is 0. The second-order valence-electron chi connectivity index (χ2n) is 6.06. The fourth-order valence-electron chi connectivity index (χ4n) is 5.00. The maximum absolute atomic E-state index is 2.54. The van der Waals surface area contributed by atoms with Crippen LogP contribution in [-0.4, -0.2) is 0 Å². The van der Waals surface area contributed by atoms with Crippen LogP contribution in [0.3, 0.4) is 0 Å². The van der Waals surface area contributed by atoms with Crippen molar-refractivity contribution < 1.29 is 0 Å². The van der Waals surface area contributed by atoms with E-state index in [1.807, 2.05) is 0 Å². The molecule has 0 nitrogen and oxygen atoms in total. The highest BCUT2D eigenvalue weighted by atomic mass is 14.8. The Hall–Kier alpha value is 0. The molecule has 3 rings (SSSR count).